The lowest BCUT2D eigenvalue weighted by Crippen LogP contribution is -2.28. The molecule has 1 heterocycles. The predicted octanol–water partition coefficient (Wildman–Crippen LogP) is 2.92. The molecule has 0 unspecified atom stereocenters. The number of anilines is 1. The summed E-state index contributed by atoms with van der Waals surface area (Å²) in [4.78, 5) is 25.3. The molecule has 2 aromatic carbocycles. The monoisotopic (exact) mass is 324 g/mol. The van der Waals surface area contributed by atoms with Crippen LogP contribution in [0, 0.1) is 10.1 Å². The average Bonchev–Trinajstić information content (AvgIpc) is 3.03. The minimum atomic E-state index is -0.440. The van der Waals surface area contributed by atoms with Gasteiger partial charge in [0.1, 0.15) is 5.69 Å². The summed E-state index contributed by atoms with van der Waals surface area (Å²) in [6, 6.07) is 15.7. The van der Waals surface area contributed by atoms with Gasteiger partial charge in [0.2, 0.25) is 0 Å². The molecule has 0 saturated heterocycles. The molecule has 3 aromatic rings. The second-order valence-corrected chi connectivity index (χ2v) is 5.26. The molecule has 3 rings (SSSR count). The number of amides is 1. The molecule has 0 radical (unpaired) electrons. The Kier molecular flexibility index (Phi) is 4.42. The van der Waals surface area contributed by atoms with Crippen molar-refractivity contribution in [3.05, 3.63) is 70.4 Å². The summed E-state index contributed by atoms with van der Waals surface area (Å²) < 4.78 is 0. The smallest absolute Gasteiger partial charge is 0.269 e. The standard InChI is InChI=1S/C17H16N4O3/c22-17(16-11-12-3-1-2-4-15(12)20-16)19-10-9-18-13-5-7-14(8-6-13)21(23)24/h1-8,11,18,20H,9-10H2,(H,19,22). The fourth-order valence-electron chi connectivity index (χ4n) is 2.37. The van der Waals surface area contributed by atoms with Crippen LogP contribution in [0.4, 0.5) is 11.4 Å². The van der Waals surface area contributed by atoms with Gasteiger partial charge in [-0.2, -0.15) is 0 Å². The van der Waals surface area contributed by atoms with Crippen LogP contribution in [0.3, 0.4) is 0 Å². The van der Waals surface area contributed by atoms with E-state index >= 15 is 0 Å². The van der Waals surface area contributed by atoms with Crippen LogP contribution < -0.4 is 10.6 Å². The molecule has 0 bridgehead atoms. The molecule has 0 aliphatic carbocycles. The first-order valence-electron chi connectivity index (χ1n) is 7.48. The van der Waals surface area contributed by atoms with Crippen LogP contribution >= 0.6 is 0 Å². The molecule has 122 valence electrons. The number of non-ortho nitro benzene ring substituents is 1. The molecular weight excluding hydrogens is 308 g/mol. The molecule has 0 fully saturated rings. The largest absolute Gasteiger partial charge is 0.383 e. The van der Waals surface area contributed by atoms with Crippen molar-refractivity contribution in [1.82, 2.24) is 10.3 Å². The normalized spacial score (nSPS) is 10.5. The zero-order chi connectivity index (χ0) is 16.9. The Morgan fingerprint density at radius 2 is 1.83 bits per heavy atom. The maximum Gasteiger partial charge on any atom is 0.269 e. The summed E-state index contributed by atoms with van der Waals surface area (Å²) >= 11 is 0. The van der Waals surface area contributed by atoms with Crippen molar-refractivity contribution in [2.24, 2.45) is 0 Å². The van der Waals surface area contributed by atoms with Gasteiger partial charge in [0, 0.05) is 41.8 Å². The Morgan fingerprint density at radius 3 is 2.54 bits per heavy atom. The third kappa shape index (κ3) is 3.52. The maximum absolute atomic E-state index is 12.1. The molecule has 0 atom stereocenters. The topological polar surface area (TPSA) is 100 Å². The summed E-state index contributed by atoms with van der Waals surface area (Å²) in [7, 11) is 0. The van der Waals surface area contributed by atoms with Gasteiger partial charge in [0.05, 0.1) is 4.92 Å². The van der Waals surface area contributed by atoms with Crippen LogP contribution in [-0.2, 0) is 0 Å². The molecule has 7 heteroatoms. The number of hydrogen-bond acceptors (Lipinski definition) is 4. The molecule has 0 aliphatic heterocycles. The maximum atomic E-state index is 12.1. The fraction of sp³-hybridized carbons (Fsp3) is 0.118. The van der Waals surface area contributed by atoms with Gasteiger partial charge in [0.15, 0.2) is 0 Å². The first-order valence-corrected chi connectivity index (χ1v) is 7.48. The number of aromatic amines is 1. The molecule has 0 saturated carbocycles. The van der Waals surface area contributed by atoms with E-state index < -0.39 is 4.92 Å². The molecule has 24 heavy (non-hydrogen) atoms. The number of carbonyl (C=O) groups is 1. The van der Waals surface area contributed by atoms with E-state index in [9.17, 15) is 14.9 Å². The van der Waals surface area contributed by atoms with Crippen molar-refractivity contribution in [3.8, 4) is 0 Å². The van der Waals surface area contributed by atoms with Crippen molar-refractivity contribution in [2.75, 3.05) is 18.4 Å². The summed E-state index contributed by atoms with van der Waals surface area (Å²) in [5, 5.41) is 17.5. The van der Waals surface area contributed by atoms with E-state index in [-0.39, 0.29) is 11.6 Å². The van der Waals surface area contributed by atoms with Crippen molar-refractivity contribution in [3.63, 3.8) is 0 Å². The zero-order valence-corrected chi connectivity index (χ0v) is 12.8. The van der Waals surface area contributed by atoms with E-state index in [0.29, 0.717) is 18.8 Å². The molecule has 0 aliphatic rings. The third-order valence-corrected chi connectivity index (χ3v) is 3.59. The van der Waals surface area contributed by atoms with E-state index in [4.69, 9.17) is 0 Å². The Bertz CT molecular complexity index is 838. The van der Waals surface area contributed by atoms with Gasteiger partial charge in [-0.15, -0.1) is 0 Å². The summed E-state index contributed by atoms with van der Waals surface area (Å²) in [5.74, 6) is -0.170. The molecule has 1 amide bonds. The highest BCUT2D eigenvalue weighted by atomic mass is 16.6. The van der Waals surface area contributed by atoms with Crippen molar-refractivity contribution < 1.29 is 9.72 Å². The molecule has 0 spiro atoms. The fourth-order valence-corrected chi connectivity index (χ4v) is 2.37. The number of aromatic nitrogens is 1. The quantitative estimate of drug-likeness (QED) is 0.369. The SMILES string of the molecule is O=C(NCCNc1ccc([N+](=O)[O-])cc1)c1cc2ccccc2[nH]1. The Hall–Kier alpha value is -3.35. The highest BCUT2D eigenvalue weighted by molar-refractivity contribution is 5.97. The number of nitrogens with one attached hydrogen (secondary N) is 3. The third-order valence-electron chi connectivity index (χ3n) is 3.59. The lowest BCUT2D eigenvalue weighted by molar-refractivity contribution is -0.384. The summed E-state index contributed by atoms with van der Waals surface area (Å²) in [5.41, 5.74) is 2.26. The number of carbonyl (C=O) groups excluding carboxylic acids is 1. The van der Waals surface area contributed by atoms with Gasteiger partial charge in [0.25, 0.3) is 11.6 Å². The average molecular weight is 324 g/mol. The van der Waals surface area contributed by atoms with Crippen LogP contribution in [0.1, 0.15) is 10.5 Å². The van der Waals surface area contributed by atoms with Gasteiger partial charge < -0.3 is 15.6 Å². The Labute approximate surface area is 137 Å². The number of fused-ring (bicyclic) bond motifs is 1. The van der Waals surface area contributed by atoms with Crippen molar-refractivity contribution in [1.29, 1.82) is 0 Å². The van der Waals surface area contributed by atoms with Crippen molar-refractivity contribution in [2.45, 2.75) is 0 Å². The first kappa shape index (κ1) is 15.5. The minimum absolute atomic E-state index is 0.0488. The molecule has 3 N–H and O–H groups in total. The van der Waals surface area contributed by atoms with E-state index in [1.807, 2.05) is 30.3 Å². The van der Waals surface area contributed by atoms with Crippen LogP contribution in [0.5, 0.6) is 0 Å². The highest BCUT2D eigenvalue weighted by Gasteiger charge is 2.08. The molecular formula is C17H16N4O3. The van der Waals surface area contributed by atoms with Gasteiger partial charge in [-0.3, -0.25) is 14.9 Å². The number of rotatable bonds is 6. The van der Waals surface area contributed by atoms with Crippen LogP contribution in [-0.4, -0.2) is 28.9 Å². The number of hydrogen-bond donors (Lipinski definition) is 3. The number of benzene rings is 2. The predicted molar refractivity (Wildman–Crippen MR) is 92.2 cm³/mol. The van der Waals surface area contributed by atoms with Crippen LogP contribution in [0.2, 0.25) is 0 Å². The van der Waals surface area contributed by atoms with Gasteiger partial charge in [-0.1, -0.05) is 18.2 Å². The molecule has 7 nitrogen and oxygen atoms in total. The molecule has 1 aromatic heterocycles. The zero-order valence-electron chi connectivity index (χ0n) is 12.8. The van der Waals surface area contributed by atoms with Gasteiger partial charge in [-0.05, 0) is 24.3 Å². The van der Waals surface area contributed by atoms with E-state index in [1.165, 1.54) is 12.1 Å². The minimum Gasteiger partial charge on any atom is -0.383 e. The summed E-state index contributed by atoms with van der Waals surface area (Å²) in [6.45, 7) is 0.953. The van der Waals surface area contributed by atoms with Gasteiger partial charge in [-0.25, -0.2) is 0 Å². The Balaban J connectivity index is 1.49. The second-order valence-electron chi connectivity index (χ2n) is 5.26. The Morgan fingerprint density at radius 1 is 1.08 bits per heavy atom. The lowest BCUT2D eigenvalue weighted by atomic mass is 10.2. The number of nitrogens with zero attached hydrogens (tertiary/aromatic N) is 1. The van der Waals surface area contributed by atoms with Crippen molar-refractivity contribution >= 4 is 28.2 Å². The first-order chi connectivity index (χ1) is 11.6. The second kappa shape index (κ2) is 6.82. The van der Waals surface area contributed by atoms with Crippen LogP contribution in [0.15, 0.2) is 54.6 Å². The summed E-state index contributed by atoms with van der Waals surface area (Å²) in [6.07, 6.45) is 0. The van der Waals surface area contributed by atoms with E-state index in [1.54, 1.807) is 12.1 Å². The number of H-pyrrole nitrogens is 1. The number of para-hydroxylation sites is 1. The highest BCUT2D eigenvalue weighted by Crippen LogP contribution is 2.15. The number of nitro groups is 1. The lowest BCUT2D eigenvalue weighted by Gasteiger charge is -2.07. The number of nitro benzene ring substituents is 1. The van der Waals surface area contributed by atoms with Crippen LogP contribution in [0.25, 0.3) is 10.9 Å². The van der Waals surface area contributed by atoms with E-state index in [2.05, 4.69) is 15.6 Å². The van der Waals surface area contributed by atoms with Gasteiger partial charge >= 0.3 is 0 Å². The van der Waals surface area contributed by atoms with E-state index in [0.717, 1.165) is 16.6 Å².